The maximum Gasteiger partial charge on any atom is 0.269 e. The van der Waals surface area contributed by atoms with Gasteiger partial charge in [-0.15, -0.1) is 0 Å². The second-order valence-electron chi connectivity index (χ2n) is 7.70. The highest BCUT2D eigenvalue weighted by Gasteiger charge is 2.40. The van der Waals surface area contributed by atoms with Crippen LogP contribution in [0, 0.1) is 24.1 Å². The van der Waals surface area contributed by atoms with Crippen molar-refractivity contribution in [1.29, 1.82) is 5.26 Å². The van der Waals surface area contributed by atoms with Gasteiger partial charge in [0.2, 0.25) is 5.91 Å². The lowest BCUT2D eigenvalue weighted by atomic mass is 10.1. The molecule has 4 rings (SSSR count). The first-order valence-electron chi connectivity index (χ1n) is 10.4. The van der Waals surface area contributed by atoms with Gasteiger partial charge >= 0.3 is 0 Å². The smallest absolute Gasteiger partial charge is 0.269 e. The van der Waals surface area contributed by atoms with Crippen LogP contribution in [0.25, 0.3) is 0 Å². The van der Waals surface area contributed by atoms with Crippen molar-refractivity contribution >= 4 is 50.9 Å². The summed E-state index contributed by atoms with van der Waals surface area (Å²) in [4.78, 5) is 27.9. The zero-order valence-electron chi connectivity index (χ0n) is 18.1. The van der Waals surface area contributed by atoms with E-state index in [2.05, 4.69) is 21.2 Å². The maximum absolute atomic E-state index is 13.5. The molecule has 2 amide bonds. The summed E-state index contributed by atoms with van der Waals surface area (Å²) >= 11 is 4.61. The molecular weight excluding hydrogens is 517 g/mol. The number of benzene rings is 3. The Kier molecular flexibility index (Phi) is 7.15. The van der Waals surface area contributed by atoms with E-state index in [9.17, 15) is 19.2 Å². The third-order valence-electron chi connectivity index (χ3n) is 5.23. The van der Waals surface area contributed by atoms with Gasteiger partial charge in [0, 0.05) is 15.8 Å². The minimum atomic E-state index is -0.661. The van der Waals surface area contributed by atoms with Crippen molar-refractivity contribution < 1.29 is 14.0 Å². The molecule has 0 bridgehead atoms. The minimum absolute atomic E-state index is 0.179. The lowest BCUT2D eigenvalue weighted by Crippen LogP contribution is -2.30. The van der Waals surface area contributed by atoms with Crippen molar-refractivity contribution in [3.05, 3.63) is 105 Å². The van der Waals surface area contributed by atoms with Crippen LogP contribution < -0.4 is 10.2 Å². The van der Waals surface area contributed by atoms with Gasteiger partial charge in [0.25, 0.3) is 5.91 Å². The predicted molar refractivity (Wildman–Crippen MR) is 136 cm³/mol. The molecule has 170 valence electrons. The normalized spacial score (nSPS) is 16.8. The number of rotatable bonds is 5. The van der Waals surface area contributed by atoms with Gasteiger partial charge in [-0.1, -0.05) is 57.5 Å². The number of carbonyl (C=O) groups excluding carboxylic acids is 2. The molecule has 0 saturated carbocycles. The summed E-state index contributed by atoms with van der Waals surface area (Å²) in [5, 5.41) is 12.3. The second-order valence-corrected chi connectivity index (χ2v) is 9.81. The van der Waals surface area contributed by atoms with Gasteiger partial charge in [-0.3, -0.25) is 14.5 Å². The Bertz CT molecular complexity index is 1300. The van der Waals surface area contributed by atoms with Gasteiger partial charge < -0.3 is 5.32 Å². The van der Waals surface area contributed by atoms with E-state index in [0.29, 0.717) is 17.8 Å². The number of aryl methyl sites for hydroxylation is 1. The Morgan fingerprint density at radius 3 is 2.35 bits per heavy atom. The highest BCUT2D eigenvalue weighted by atomic mass is 79.9. The predicted octanol–water partition coefficient (Wildman–Crippen LogP) is 5.96. The SMILES string of the molecule is Cc1ccc(N2C(=O)[C@@H](Cc3ccc(Br)cc3)S/C2=C(\C#N)C(=O)Nc2ccc(F)cc2)cc1. The molecule has 34 heavy (non-hydrogen) atoms. The highest BCUT2D eigenvalue weighted by Crippen LogP contribution is 2.42. The van der Waals surface area contributed by atoms with Crippen molar-refractivity contribution in [1.82, 2.24) is 0 Å². The summed E-state index contributed by atoms with van der Waals surface area (Å²) in [6.45, 7) is 1.94. The Morgan fingerprint density at radius 1 is 1.09 bits per heavy atom. The van der Waals surface area contributed by atoms with E-state index < -0.39 is 17.0 Å². The summed E-state index contributed by atoms with van der Waals surface area (Å²) < 4.78 is 14.2. The lowest BCUT2D eigenvalue weighted by Gasteiger charge is -2.19. The van der Waals surface area contributed by atoms with Gasteiger partial charge in [-0.2, -0.15) is 5.26 Å². The fraction of sp³-hybridized carbons (Fsp3) is 0.115. The van der Waals surface area contributed by atoms with Crippen LogP contribution >= 0.6 is 27.7 Å². The molecule has 3 aromatic carbocycles. The second kappa shape index (κ2) is 10.2. The Balaban J connectivity index is 1.71. The summed E-state index contributed by atoms with van der Waals surface area (Å²) in [5.74, 6) is -1.30. The Labute approximate surface area is 209 Å². The molecule has 5 nitrogen and oxygen atoms in total. The molecule has 1 atom stereocenters. The number of hydrogen-bond acceptors (Lipinski definition) is 4. The summed E-state index contributed by atoms with van der Waals surface area (Å²) in [6.07, 6.45) is 0.445. The van der Waals surface area contributed by atoms with Crippen molar-refractivity contribution in [2.75, 3.05) is 10.2 Å². The number of nitriles is 1. The molecular formula is C26H19BrFN3O2S. The van der Waals surface area contributed by atoms with Crippen molar-refractivity contribution in [2.45, 2.75) is 18.6 Å². The Morgan fingerprint density at radius 2 is 1.74 bits per heavy atom. The van der Waals surface area contributed by atoms with Gasteiger partial charge in [0.15, 0.2) is 0 Å². The number of halogens is 2. The first-order chi connectivity index (χ1) is 16.4. The summed E-state index contributed by atoms with van der Waals surface area (Å²) in [7, 11) is 0. The quantitative estimate of drug-likeness (QED) is 0.323. The molecule has 1 aliphatic heterocycles. The van der Waals surface area contributed by atoms with E-state index in [1.165, 1.54) is 40.9 Å². The molecule has 8 heteroatoms. The van der Waals surface area contributed by atoms with Crippen molar-refractivity contribution in [3.8, 4) is 6.07 Å². The topological polar surface area (TPSA) is 73.2 Å². The number of carbonyl (C=O) groups is 2. The highest BCUT2D eigenvalue weighted by molar-refractivity contribution is 9.10. The average Bonchev–Trinajstić information content (AvgIpc) is 3.13. The molecule has 1 heterocycles. The molecule has 0 aromatic heterocycles. The molecule has 0 radical (unpaired) electrons. The van der Waals surface area contributed by atoms with E-state index in [4.69, 9.17) is 0 Å². The van der Waals surface area contributed by atoms with E-state index in [0.717, 1.165) is 15.6 Å². The van der Waals surface area contributed by atoms with Crippen LogP contribution in [-0.2, 0) is 16.0 Å². The minimum Gasteiger partial charge on any atom is -0.321 e. The van der Waals surface area contributed by atoms with Crippen molar-refractivity contribution in [2.24, 2.45) is 0 Å². The van der Waals surface area contributed by atoms with Crippen LogP contribution in [0.3, 0.4) is 0 Å². The molecule has 0 unspecified atom stereocenters. The zero-order chi connectivity index (χ0) is 24.2. The molecule has 0 spiro atoms. The zero-order valence-corrected chi connectivity index (χ0v) is 20.5. The summed E-state index contributed by atoms with van der Waals surface area (Å²) in [5.41, 5.74) is 2.74. The first kappa shape index (κ1) is 23.7. The van der Waals surface area contributed by atoms with Gasteiger partial charge in [0.1, 0.15) is 22.5 Å². The number of anilines is 2. The summed E-state index contributed by atoms with van der Waals surface area (Å²) in [6, 6.07) is 22.2. The Hall–Kier alpha value is -3.41. The average molecular weight is 536 g/mol. The van der Waals surface area contributed by atoms with Crippen LogP contribution in [0.2, 0.25) is 0 Å². The fourth-order valence-corrected chi connectivity index (χ4v) is 5.05. The number of thioether (sulfide) groups is 1. The lowest BCUT2D eigenvalue weighted by molar-refractivity contribution is -0.117. The van der Waals surface area contributed by atoms with E-state index in [1.807, 2.05) is 49.4 Å². The van der Waals surface area contributed by atoms with Crippen LogP contribution in [0.4, 0.5) is 15.8 Å². The number of hydrogen-bond donors (Lipinski definition) is 1. The van der Waals surface area contributed by atoms with E-state index >= 15 is 0 Å². The van der Waals surface area contributed by atoms with Crippen molar-refractivity contribution in [3.63, 3.8) is 0 Å². The number of nitrogens with one attached hydrogen (secondary N) is 1. The van der Waals surface area contributed by atoms with Gasteiger partial charge in [-0.05, 0) is 67.4 Å². The van der Waals surface area contributed by atoms with Gasteiger partial charge in [0.05, 0.1) is 5.25 Å². The number of nitrogens with zero attached hydrogens (tertiary/aromatic N) is 2. The standard InChI is InChI=1S/C26H19BrFN3O2S/c1-16-2-12-21(13-3-16)31-25(33)23(14-17-4-6-18(27)7-5-17)34-26(31)22(15-29)24(32)30-20-10-8-19(28)9-11-20/h2-13,23H,14H2,1H3,(H,30,32)/b26-22+/t23-/m1/s1. The molecule has 1 N–H and O–H groups in total. The van der Waals surface area contributed by atoms with E-state index in [1.54, 1.807) is 12.1 Å². The molecule has 1 saturated heterocycles. The molecule has 0 aliphatic carbocycles. The third kappa shape index (κ3) is 5.22. The third-order valence-corrected chi connectivity index (χ3v) is 7.03. The molecule has 1 fully saturated rings. The van der Waals surface area contributed by atoms with Crippen LogP contribution in [0.5, 0.6) is 0 Å². The first-order valence-corrected chi connectivity index (χ1v) is 12.1. The molecule has 3 aromatic rings. The monoisotopic (exact) mass is 535 g/mol. The molecule has 1 aliphatic rings. The van der Waals surface area contributed by atoms with Crippen LogP contribution in [0.15, 0.2) is 87.9 Å². The van der Waals surface area contributed by atoms with Gasteiger partial charge in [-0.25, -0.2) is 4.39 Å². The van der Waals surface area contributed by atoms with Crippen LogP contribution in [0.1, 0.15) is 11.1 Å². The van der Waals surface area contributed by atoms with Crippen LogP contribution in [-0.4, -0.2) is 17.1 Å². The van der Waals surface area contributed by atoms with E-state index in [-0.39, 0.29) is 16.5 Å². The fourth-order valence-electron chi connectivity index (χ4n) is 3.48. The number of amides is 2. The maximum atomic E-state index is 13.5. The largest absolute Gasteiger partial charge is 0.321 e.